The molecule has 8 rings (SSSR count). The average Bonchev–Trinajstić information content (AvgIpc) is 3.83. The Kier molecular flexibility index (Phi) is 10.7. The topological polar surface area (TPSA) is 107 Å². The fraction of sp³-hybridized carbons (Fsp3) is 0.289. The van der Waals surface area contributed by atoms with Gasteiger partial charge in [-0.25, -0.2) is 9.78 Å². The molecule has 1 N–H and O–H groups in total. The number of aromatic nitrogens is 5. The first kappa shape index (κ1) is 39.7. The van der Waals surface area contributed by atoms with Gasteiger partial charge in [0.15, 0.2) is 0 Å². The van der Waals surface area contributed by atoms with Gasteiger partial charge in [-0.2, -0.15) is 5.10 Å². The summed E-state index contributed by atoms with van der Waals surface area (Å²) in [7, 11) is 1.93. The Morgan fingerprint density at radius 1 is 1.00 bits per heavy atom. The first-order valence-electron chi connectivity index (χ1n) is 19.2. The van der Waals surface area contributed by atoms with Crippen LogP contribution < -0.4 is 9.64 Å². The van der Waals surface area contributed by atoms with Crippen molar-refractivity contribution in [1.29, 1.82) is 0 Å². The molecule has 0 bridgehead atoms. The molecule has 298 valence electrons. The van der Waals surface area contributed by atoms with Crippen molar-refractivity contribution in [3.05, 3.63) is 126 Å². The summed E-state index contributed by atoms with van der Waals surface area (Å²) < 4.78 is 16.6. The molecule has 0 spiro atoms. The van der Waals surface area contributed by atoms with Crippen LogP contribution >= 0.6 is 39.1 Å². The number of pyridine rings is 1. The van der Waals surface area contributed by atoms with Crippen LogP contribution in [0.2, 0.25) is 10.0 Å². The van der Waals surface area contributed by atoms with Gasteiger partial charge in [0, 0.05) is 52.3 Å². The number of nitrogens with one attached hydrogen (secondary N) is 1. The minimum atomic E-state index is -0.515. The van der Waals surface area contributed by atoms with E-state index in [4.69, 9.17) is 37.8 Å². The van der Waals surface area contributed by atoms with E-state index >= 15 is 4.79 Å². The van der Waals surface area contributed by atoms with Crippen molar-refractivity contribution >= 4 is 78.5 Å². The highest BCUT2D eigenvalue weighted by Gasteiger charge is 2.37. The largest absolute Gasteiger partial charge is 0.494 e. The van der Waals surface area contributed by atoms with Crippen LogP contribution in [0, 0.1) is 34.6 Å². The summed E-state index contributed by atoms with van der Waals surface area (Å²) in [5.74, 6) is 0.110. The number of hydrogen-bond donors (Lipinski definition) is 1. The number of carbonyl (C=O) groups is 2. The quantitative estimate of drug-likeness (QED) is 0.0833. The van der Waals surface area contributed by atoms with Crippen molar-refractivity contribution in [3.63, 3.8) is 0 Å². The van der Waals surface area contributed by atoms with Gasteiger partial charge >= 0.3 is 5.97 Å². The number of aromatic amines is 1. The maximum atomic E-state index is 15.3. The number of H-pyrrole nitrogens is 1. The van der Waals surface area contributed by atoms with Gasteiger partial charge in [0.2, 0.25) is 0 Å². The molecule has 0 saturated heterocycles. The zero-order valence-corrected chi connectivity index (χ0v) is 36.5. The molecule has 13 heteroatoms. The minimum absolute atomic E-state index is 0.0170. The number of halogens is 3. The second-order valence-corrected chi connectivity index (χ2v) is 16.8. The van der Waals surface area contributed by atoms with Crippen molar-refractivity contribution in [2.24, 2.45) is 7.05 Å². The molecule has 5 heterocycles. The lowest BCUT2D eigenvalue weighted by Crippen LogP contribution is -2.43. The average molecular weight is 883 g/mol. The number of ether oxygens (including phenoxy) is 2. The lowest BCUT2D eigenvalue weighted by atomic mass is 9.98. The predicted molar refractivity (Wildman–Crippen MR) is 234 cm³/mol. The summed E-state index contributed by atoms with van der Waals surface area (Å²) in [5.41, 5.74) is 11.3. The highest BCUT2D eigenvalue weighted by atomic mass is 79.9. The van der Waals surface area contributed by atoms with E-state index in [1.807, 2.05) is 99.8 Å². The van der Waals surface area contributed by atoms with Crippen LogP contribution in [0.4, 0.5) is 5.69 Å². The molecular formula is C45H43BrCl2N6O4. The maximum absolute atomic E-state index is 15.3. The summed E-state index contributed by atoms with van der Waals surface area (Å²) >= 11 is 16.9. The van der Waals surface area contributed by atoms with Crippen molar-refractivity contribution < 1.29 is 19.1 Å². The smallest absolute Gasteiger partial charge is 0.355 e. The highest BCUT2D eigenvalue weighted by molar-refractivity contribution is 9.10. The van der Waals surface area contributed by atoms with Gasteiger partial charge in [0.25, 0.3) is 5.91 Å². The molecule has 0 unspecified atom stereocenters. The summed E-state index contributed by atoms with van der Waals surface area (Å²) in [4.78, 5) is 38.1. The standard InChI is InChI=1S/C45H43BrCl2N6O4/c1-23-16-29-20-35(45(56)58-22-30-10-8-12-37(46)49-30)50-41(29)36(17-23)53-21-26(4)54-42-33(13-14-34(47)39(42)38-27(5)51-52(7)28(38)6)32(43(54)44(53)55)11-9-15-57-31-18-24(2)40(48)25(3)19-31/h8,10,12-14,16-20,26,50H,9,11,15,21-22H2,1-7H3/t26-/m1/s1. The Hall–Kier alpha value is -5.10. The number of rotatable bonds is 10. The van der Waals surface area contributed by atoms with Gasteiger partial charge in [-0.1, -0.05) is 35.3 Å². The third-order valence-electron chi connectivity index (χ3n) is 11.1. The third kappa shape index (κ3) is 7.07. The molecule has 1 atom stereocenters. The number of fused-ring (bicyclic) bond motifs is 4. The molecule has 0 radical (unpaired) electrons. The molecular weight excluding hydrogens is 839 g/mol. The maximum Gasteiger partial charge on any atom is 0.355 e. The minimum Gasteiger partial charge on any atom is -0.494 e. The fourth-order valence-corrected chi connectivity index (χ4v) is 9.12. The van der Waals surface area contributed by atoms with E-state index in [0.29, 0.717) is 58.2 Å². The Balaban J connectivity index is 1.20. The van der Waals surface area contributed by atoms with Gasteiger partial charge in [-0.05, 0) is 141 Å². The van der Waals surface area contributed by atoms with Gasteiger partial charge in [0.1, 0.15) is 28.3 Å². The Morgan fingerprint density at radius 2 is 1.76 bits per heavy atom. The van der Waals surface area contributed by atoms with Crippen molar-refractivity contribution in [3.8, 4) is 16.9 Å². The van der Waals surface area contributed by atoms with Gasteiger partial charge in [0.05, 0.1) is 39.7 Å². The molecule has 0 fully saturated rings. The monoisotopic (exact) mass is 880 g/mol. The molecule has 4 aromatic heterocycles. The number of carbonyl (C=O) groups excluding carboxylic acids is 2. The zero-order chi connectivity index (χ0) is 41.2. The molecule has 3 aromatic carbocycles. The second-order valence-electron chi connectivity index (χ2n) is 15.2. The van der Waals surface area contributed by atoms with Crippen molar-refractivity contribution in [2.45, 2.75) is 67.0 Å². The fourth-order valence-electron chi connectivity index (χ4n) is 8.38. The summed E-state index contributed by atoms with van der Waals surface area (Å²) in [5, 5.41) is 7.84. The van der Waals surface area contributed by atoms with Crippen LogP contribution in [0.1, 0.15) is 79.7 Å². The van der Waals surface area contributed by atoms with Gasteiger partial charge < -0.3 is 23.9 Å². The lowest BCUT2D eigenvalue weighted by Gasteiger charge is -2.34. The van der Waals surface area contributed by atoms with Crippen LogP contribution in [0.15, 0.2) is 65.3 Å². The number of benzene rings is 3. The molecule has 1 aliphatic rings. The van der Waals surface area contributed by atoms with Crippen LogP contribution in [-0.2, 0) is 24.8 Å². The van der Waals surface area contributed by atoms with Crippen molar-refractivity contribution in [1.82, 2.24) is 24.3 Å². The van der Waals surface area contributed by atoms with E-state index in [2.05, 4.69) is 37.4 Å². The van der Waals surface area contributed by atoms with E-state index in [1.54, 1.807) is 12.1 Å². The molecule has 58 heavy (non-hydrogen) atoms. The summed E-state index contributed by atoms with van der Waals surface area (Å²) in [6, 6.07) is 18.9. The van der Waals surface area contributed by atoms with Gasteiger partial charge in [-0.3, -0.25) is 9.48 Å². The van der Waals surface area contributed by atoms with Crippen LogP contribution in [0.3, 0.4) is 0 Å². The number of amides is 1. The Bertz CT molecular complexity index is 2780. The normalized spacial score (nSPS) is 14.1. The lowest BCUT2D eigenvalue weighted by molar-refractivity contribution is 0.0461. The zero-order valence-electron chi connectivity index (χ0n) is 33.4. The Morgan fingerprint density at radius 3 is 2.47 bits per heavy atom. The molecule has 0 saturated carbocycles. The predicted octanol–water partition coefficient (Wildman–Crippen LogP) is 11.1. The SMILES string of the molecule is Cc1cc(N2C[C@@H](C)n3c(c(CCCOc4cc(C)c(Cl)c(C)c4)c4ccc(Cl)c(-c5c(C)nn(C)c5C)c43)C2=O)c2[nH]c(C(=O)OCc3cccc(Br)n3)cc2c1. The van der Waals surface area contributed by atoms with E-state index < -0.39 is 5.97 Å². The molecule has 1 aliphatic heterocycles. The number of hydrogen-bond acceptors (Lipinski definition) is 6. The summed E-state index contributed by atoms with van der Waals surface area (Å²) in [6.07, 6.45) is 1.24. The number of nitrogens with zero attached hydrogens (tertiary/aromatic N) is 5. The van der Waals surface area contributed by atoms with E-state index in [-0.39, 0.29) is 24.2 Å². The summed E-state index contributed by atoms with van der Waals surface area (Å²) in [6.45, 7) is 12.9. The number of aryl methyl sites for hydroxylation is 6. The van der Waals surface area contributed by atoms with Crippen LogP contribution in [0.5, 0.6) is 5.75 Å². The second kappa shape index (κ2) is 15.6. The first-order chi connectivity index (χ1) is 27.7. The molecule has 7 aromatic rings. The first-order valence-corrected chi connectivity index (χ1v) is 20.8. The molecule has 0 aliphatic carbocycles. The third-order valence-corrected chi connectivity index (χ3v) is 12.4. The van der Waals surface area contributed by atoms with Crippen molar-refractivity contribution in [2.75, 3.05) is 18.1 Å². The van der Waals surface area contributed by atoms with Crippen LogP contribution in [0.25, 0.3) is 32.9 Å². The van der Waals surface area contributed by atoms with Crippen LogP contribution in [-0.4, -0.2) is 49.3 Å². The number of esters is 1. The highest BCUT2D eigenvalue weighted by Crippen LogP contribution is 2.45. The Labute approximate surface area is 355 Å². The van der Waals surface area contributed by atoms with E-state index in [0.717, 1.165) is 71.8 Å². The molecule has 1 amide bonds. The van der Waals surface area contributed by atoms with E-state index in [1.165, 1.54) is 0 Å². The van der Waals surface area contributed by atoms with E-state index in [9.17, 15) is 4.79 Å². The number of anilines is 1. The van der Waals surface area contributed by atoms with Gasteiger partial charge in [-0.15, -0.1) is 0 Å². The molecule has 10 nitrogen and oxygen atoms in total.